The number of fused-ring (bicyclic) bond motifs is 1. The molecule has 0 aliphatic heterocycles. The van der Waals surface area contributed by atoms with Crippen LogP contribution < -0.4 is 5.32 Å². The molecule has 0 aromatic carbocycles. The van der Waals surface area contributed by atoms with Gasteiger partial charge in [0.1, 0.15) is 5.82 Å². The van der Waals surface area contributed by atoms with Gasteiger partial charge in [0, 0.05) is 31.8 Å². The molecule has 2 aromatic rings. The van der Waals surface area contributed by atoms with Gasteiger partial charge in [-0.25, -0.2) is 4.98 Å². The number of allylic oxidation sites excluding steroid dienone is 1. The molecule has 0 spiro atoms. The van der Waals surface area contributed by atoms with E-state index in [1.807, 2.05) is 12.3 Å². The number of imidazole rings is 1. The first-order valence-corrected chi connectivity index (χ1v) is 11.8. The lowest BCUT2D eigenvalue weighted by Crippen LogP contribution is -2.40. The highest BCUT2D eigenvalue weighted by Gasteiger charge is 2.32. The Morgan fingerprint density at radius 1 is 1.23 bits per heavy atom. The number of aliphatic hydroxyl groups is 1. The summed E-state index contributed by atoms with van der Waals surface area (Å²) < 4.78 is 0. The zero-order valence-electron chi connectivity index (χ0n) is 18.8. The highest BCUT2D eigenvalue weighted by Crippen LogP contribution is 2.39. The number of pyridine rings is 1. The number of aromatic amines is 1. The molecule has 3 N–H and O–H groups in total. The monoisotopic (exact) mass is 410 g/mol. The Bertz CT molecular complexity index is 817. The molecule has 0 saturated heterocycles. The lowest BCUT2D eigenvalue weighted by molar-refractivity contribution is 0.168. The number of rotatable bonds is 7. The first-order chi connectivity index (χ1) is 14.5. The lowest BCUT2D eigenvalue weighted by atomic mass is 9.69. The fourth-order valence-electron chi connectivity index (χ4n) is 5.60. The summed E-state index contributed by atoms with van der Waals surface area (Å²) in [6.07, 6.45) is 13.2. The summed E-state index contributed by atoms with van der Waals surface area (Å²) in [6, 6.07) is 2.60. The predicted octanol–water partition coefficient (Wildman–Crippen LogP) is 4.50. The second-order valence-electron chi connectivity index (χ2n) is 10.0. The minimum atomic E-state index is 0.357. The van der Waals surface area contributed by atoms with Crippen molar-refractivity contribution in [3.05, 3.63) is 35.9 Å². The summed E-state index contributed by atoms with van der Waals surface area (Å²) in [7, 11) is 0. The summed E-state index contributed by atoms with van der Waals surface area (Å²) in [5, 5.41) is 13.2. The summed E-state index contributed by atoms with van der Waals surface area (Å²) in [6.45, 7) is 8.50. The Kier molecular flexibility index (Phi) is 6.89. The van der Waals surface area contributed by atoms with Gasteiger partial charge in [0.15, 0.2) is 0 Å². The van der Waals surface area contributed by atoms with Crippen LogP contribution in [0.2, 0.25) is 0 Å². The maximum Gasteiger partial charge on any atom is 0.107 e. The van der Waals surface area contributed by atoms with Gasteiger partial charge in [0.25, 0.3) is 0 Å². The SMILES string of the molecule is CC1=C[C@@H](CNC2CCC(CO)CC2)[C@H](C(C)C)C[C@H]1Cc1nc2ccncc2[nH]1. The topological polar surface area (TPSA) is 73.8 Å². The Hall–Kier alpha value is -1.72. The molecule has 0 unspecified atom stereocenters. The van der Waals surface area contributed by atoms with Crippen molar-refractivity contribution in [2.45, 2.75) is 65.3 Å². The molecule has 2 aliphatic carbocycles. The third kappa shape index (κ3) is 4.94. The third-order valence-corrected chi connectivity index (χ3v) is 7.60. The smallest absolute Gasteiger partial charge is 0.107 e. The fraction of sp³-hybridized carbons (Fsp3) is 0.680. The van der Waals surface area contributed by atoms with Crippen molar-refractivity contribution in [1.29, 1.82) is 0 Å². The minimum absolute atomic E-state index is 0.357. The van der Waals surface area contributed by atoms with E-state index in [4.69, 9.17) is 4.98 Å². The third-order valence-electron chi connectivity index (χ3n) is 7.60. The van der Waals surface area contributed by atoms with Crippen molar-refractivity contribution in [2.75, 3.05) is 13.2 Å². The number of hydrogen-bond donors (Lipinski definition) is 3. The predicted molar refractivity (Wildman–Crippen MR) is 122 cm³/mol. The average molecular weight is 411 g/mol. The van der Waals surface area contributed by atoms with Crippen LogP contribution >= 0.6 is 0 Å². The molecule has 164 valence electrons. The molecular weight excluding hydrogens is 372 g/mol. The average Bonchev–Trinajstić information content (AvgIpc) is 3.16. The van der Waals surface area contributed by atoms with Gasteiger partial charge in [-0.2, -0.15) is 0 Å². The van der Waals surface area contributed by atoms with Crippen LogP contribution in [-0.4, -0.2) is 39.3 Å². The van der Waals surface area contributed by atoms with E-state index in [-0.39, 0.29) is 0 Å². The molecule has 1 saturated carbocycles. The van der Waals surface area contributed by atoms with Crippen molar-refractivity contribution < 1.29 is 5.11 Å². The highest BCUT2D eigenvalue weighted by atomic mass is 16.3. The molecule has 0 bridgehead atoms. The molecule has 0 radical (unpaired) electrons. The molecule has 5 nitrogen and oxygen atoms in total. The van der Waals surface area contributed by atoms with Crippen molar-refractivity contribution in [1.82, 2.24) is 20.3 Å². The maximum atomic E-state index is 9.37. The Morgan fingerprint density at radius 3 is 2.73 bits per heavy atom. The first-order valence-electron chi connectivity index (χ1n) is 11.8. The molecular formula is C25H38N4O. The van der Waals surface area contributed by atoms with E-state index in [1.54, 1.807) is 6.20 Å². The summed E-state index contributed by atoms with van der Waals surface area (Å²) in [4.78, 5) is 12.5. The van der Waals surface area contributed by atoms with Crippen LogP contribution in [0, 0.1) is 29.6 Å². The number of H-pyrrole nitrogens is 1. The Morgan fingerprint density at radius 2 is 2.03 bits per heavy atom. The van der Waals surface area contributed by atoms with E-state index < -0.39 is 0 Å². The van der Waals surface area contributed by atoms with Gasteiger partial charge >= 0.3 is 0 Å². The largest absolute Gasteiger partial charge is 0.396 e. The van der Waals surface area contributed by atoms with Crippen LogP contribution in [0.5, 0.6) is 0 Å². The van der Waals surface area contributed by atoms with E-state index in [0.717, 1.165) is 42.7 Å². The first kappa shape index (κ1) is 21.5. The van der Waals surface area contributed by atoms with Gasteiger partial charge in [-0.1, -0.05) is 25.5 Å². The van der Waals surface area contributed by atoms with Crippen LogP contribution in [0.4, 0.5) is 0 Å². The minimum Gasteiger partial charge on any atom is -0.396 e. The normalized spacial score (nSPS) is 30.0. The number of hydrogen-bond acceptors (Lipinski definition) is 4. The van der Waals surface area contributed by atoms with Gasteiger partial charge < -0.3 is 15.4 Å². The quantitative estimate of drug-likeness (QED) is 0.588. The summed E-state index contributed by atoms with van der Waals surface area (Å²) in [5.41, 5.74) is 3.56. The van der Waals surface area contributed by atoms with Gasteiger partial charge in [-0.05, 0) is 74.7 Å². The molecule has 2 aromatic heterocycles. The van der Waals surface area contributed by atoms with Gasteiger partial charge in [-0.15, -0.1) is 0 Å². The Labute approximate surface area is 180 Å². The molecule has 5 heteroatoms. The van der Waals surface area contributed by atoms with Crippen molar-refractivity contribution in [3.8, 4) is 0 Å². The summed E-state index contributed by atoms with van der Waals surface area (Å²) >= 11 is 0. The van der Waals surface area contributed by atoms with E-state index in [0.29, 0.717) is 42.2 Å². The number of aliphatic hydroxyl groups excluding tert-OH is 1. The number of aromatic nitrogens is 3. The maximum absolute atomic E-state index is 9.37. The molecule has 30 heavy (non-hydrogen) atoms. The fourth-order valence-corrected chi connectivity index (χ4v) is 5.60. The highest BCUT2D eigenvalue weighted by molar-refractivity contribution is 5.73. The molecule has 2 heterocycles. The molecule has 4 rings (SSSR count). The Balaban J connectivity index is 1.39. The van der Waals surface area contributed by atoms with E-state index >= 15 is 0 Å². The second kappa shape index (κ2) is 9.61. The summed E-state index contributed by atoms with van der Waals surface area (Å²) in [5.74, 6) is 4.15. The molecule has 1 fully saturated rings. The van der Waals surface area contributed by atoms with Gasteiger partial charge in [0.05, 0.1) is 17.2 Å². The van der Waals surface area contributed by atoms with Crippen LogP contribution in [-0.2, 0) is 6.42 Å². The standard InChI is InChI=1S/C25H38N4O/c1-16(2)22-11-19(12-25-28-23-8-9-26-14-24(23)29-25)17(3)10-20(22)13-27-21-6-4-18(15-30)5-7-21/h8-10,14,16,18-22,27,30H,4-7,11-13,15H2,1-3H3,(H,28,29)/t18?,19-,20-,21?,22-/m0/s1. The zero-order valence-corrected chi connectivity index (χ0v) is 18.8. The molecule has 3 atom stereocenters. The van der Waals surface area contributed by atoms with E-state index in [1.165, 1.54) is 24.8 Å². The zero-order chi connectivity index (χ0) is 21.1. The van der Waals surface area contributed by atoms with E-state index in [9.17, 15) is 5.11 Å². The van der Waals surface area contributed by atoms with Crippen LogP contribution in [0.1, 0.15) is 58.7 Å². The van der Waals surface area contributed by atoms with Crippen LogP contribution in [0.25, 0.3) is 11.0 Å². The molecule has 0 amide bonds. The second-order valence-corrected chi connectivity index (χ2v) is 10.0. The van der Waals surface area contributed by atoms with Gasteiger partial charge in [0.2, 0.25) is 0 Å². The van der Waals surface area contributed by atoms with E-state index in [2.05, 4.69) is 42.1 Å². The van der Waals surface area contributed by atoms with Crippen molar-refractivity contribution in [3.63, 3.8) is 0 Å². The molecule has 2 aliphatic rings. The number of nitrogens with one attached hydrogen (secondary N) is 2. The van der Waals surface area contributed by atoms with Gasteiger partial charge in [-0.3, -0.25) is 4.98 Å². The lowest BCUT2D eigenvalue weighted by Gasteiger charge is -2.38. The van der Waals surface area contributed by atoms with Crippen molar-refractivity contribution >= 4 is 11.0 Å². The number of nitrogens with zero attached hydrogens (tertiary/aromatic N) is 2. The van der Waals surface area contributed by atoms with Crippen LogP contribution in [0.3, 0.4) is 0 Å². The van der Waals surface area contributed by atoms with Crippen LogP contribution in [0.15, 0.2) is 30.1 Å². The van der Waals surface area contributed by atoms with Crippen molar-refractivity contribution in [2.24, 2.45) is 29.6 Å².